The molecule has 0 fully saturated rings. The SMILES string of the molecule is CC(C)C(=O)c1ccc(-c2ccc(Cl)cc2Br)s1. The summed E-state index contributed by atoms with van der Waals surface area (Å²) in [6.45, 7) is 3.83. The van der Waals surface area contributed by atoms with E-state index in [1.165, 1.54) is 11.3 Å². The second-order valence-electron chi connectivity index (χ2n) is 4.31. The third kappa shape index (κ3) is 2.85. The van der Waals surface area contributed by atoms with Gasteiger partial charge in [-0.3, -0.25) is 4.79 Å². The van der Waals surface area contributed by atoms with Gasteiger partial charge in [0.25, 0.3) is 0 Å². The van der Waals surface area contributed by atoms with Gasteiger partial charge in [0.1, 0.15) is 0 Å². The molecule has 0 bridgehead atoms. The fraction of sp³-hybridized carbons (Fsp3) is 0.214. The smallest absolute Gasteiger partial charge is 0.175 e. The maximum Gasteiger partial charge on any atom is 0.175 e. The lowest BCUT2D eigenvalue weighted by atomic mass is 10.1. The van der Waals surface area contributed by atoms with E-state index in [0.29, 0.717) is 5.02 Å². The first-order valence-electron chi connectivity index (χ1n) is 5.58. The van der Waals surface area contributed by atoms with Crippen LogP contribution in [0.4, 0.5) is 0 Å². The van der Waals surface area contributed by atoms with E-state index in [9.17, 15) is 4.79 Å². The molecule has 0 aliphatic rings. The van der Waals surface area contributed by atoms with Gasteiger partial charge in [-0.15, -0.1) is 11.3 Å². The number of ketones is 1. The Morgan fingerprint density at radius 3 is 2.61 bits per heavy atom. The molecule has 0 saturated carbocycles. The van der Waals surface area contributed by atoms with Gasteiger partial charge in [0.2, 0.25) is 0 Å². The molecule has 1 nitrogen and oxygen atoms in total. The van der Waals surface area contributed by atoms with E-state index in [4.69, 9.17) is 11.6 Å². The molecule has 1 aromatic heterocycles. The number of hydrogen-bond donors (Lipinski definition) is 0. The average molecular weight is 344 g/mol. The Morgan fingerprint density at radius 1 is 1.28 bits per heavy atom. The van der Waals surface area contributed by atoms with Crippen LogP contribution in [0.25, 0.3) is 10.4 Å². The van der Waals surface area contributed by atoms with Crippen molar-refractivity contribution in [1.29, 1.82) is 0 Å². The maximum atomic E-state index is 11.9. The summed E-state index contributed by atoms with van der Waals surface area (Å²) in [6.07, 6.45) is 0. The fourth-order valence-electron chi connectivity index (χ4n) is 1.59. The lowest BCUT2D eigenvalue weighted by molar-refractivity contribution is 0.0943. The number of halogens is 2. The summed E-state index contributed by atoms with van der Waals surface area (Å²) in [5.74, 6) is 0.224. The summed E-state index contributed by atoms with van der Waals surface area (Å²) in [5.41, 5.74) is 1.06. The van der Waals surface area contributed by atoms with Crippen LogP contribution in [0.5, 0.6) is 0 Å². The first-order chi connectivity index (χ1) is 8.49. The third-order valence-corrected chi connectivity index (χ3v) is 4.59. The fourth-order valence-corrected chi connectivity index (χ4v) is 3.75. The van der Waals surface area contributed by atoms with Gasteiger partial charge in [-0.1, -0.05) is 47.4 Å². The van der Waals surface area contributed by atoms with Crippen molar-refractivity contribution in [2.45, 2.75) is 13.8 Å². The van der Waals surface area contributed by atoms with Gasteiger partial charge in [0.05, 0.1) is 4.88 Å². The zero-order valence-electron chi connectivity index (χ0n) is 10.0. The molecule has 0 atom stereocenters. The molecule has 1 aromatic carbocycles. The Labute approximate surface area is 124 Å². The third-order valence-electron chi connectivity index (χ3n) is 2.57. The molecule has 0 N–H and O–H groups in total. The van der Waals surface area contributed by atoms with Gasteiger partial charge in [0, 0.05) is 25.9 Å². The minimum absolute atomic E-state index is 0.0326. The highest BCUT2D eigenvalue weighted by molar-refractivity contribution is 9.10. The van der Waals surface area contributed by atoms with E-state index in [1.807, 2.05) is 44.2 Å². The van der Waals surface area contributed by atoms with Crippen molar-refractivity contribution < 1.29 is 4.79 Å². The Morgan fingerprint density at radius 2 is 2.00 bits per heavy atom. The molecule has 0 spiro atoms. The first kappa shape index (κ1) is 13.8. The van der Waals surface area contributed by atoms with Crippen LogP contribution in [0.1, 0.15) is 23.5 Å². The largest absolute Gasteiger partial charge is 0.293 e. The number of rotatable bonds is 3. The predicted octanol–water partition coefficient (Wildman–Crippen LogP) is 5.67. The van der Waals surface area contributed by atoms with Crippen molar-refractivity contribution in [2.24, 2.45) is 5.92 Å². The summed E-state index contributed by atoms with van der Waals surface area (Å²) in [4.78, 5) is 13.8. The first-order valence-corrected chi connectivity index (χ1v) is 7.57. The standard InChI is InChI=1S/C14H12BrClOS/c1-8(2)14(17)13-6-5-12(18-13)10-4-3-9(16)7-11(10)15/h3-8H,1-2H3. The number of thiophene rings is 1. The molecular weight excluding hydrogens is 332 g/mol. The zero-order chi connectivity index (χ0) is 13.3. The monoisotopic (exact) mass is 342 g/mol. The summed E-state index contributed by atoms with van der Waals surface area (Å²) in [7, 11) is 0. The number of Topliss-reactive ketones (excluding diaryl/α,β-unsaturated/α-hetero) is 1. The minimum atomic E-state index is 0.0326. The molecule has 0 aliphatic heterocycles. The molecular formula is C14H12BrClOS. The molecule has 2 aromatic rings. The molecule has 0 aliphatic carbocycles. The van der Waals surface area contributed by atoms with Gasteiger partial charge in [-0.25, -0.2) is 0 Å². The van der Waals surface area contributed by atoms with E-state index in [0.717, 1.165) is 19.8 Å². The van der Waals surface area contributed by atoms with Crippen molar-refractivity contribution in [1.82, 2.24) is 0 Å². The summed E-state index contributed by atoms with van der Waals surface area (Å²) in [6, 6.07) is 9.55. The van der Waals surface area contributed by atoms with Crippen molar-refractivity contribution in [3.05, 3.63) is 44.7 Å². The minimum Gasteiger partial charge on any atom is -0.293 e. The van der Waals surface area contributed by atoms with Crippen LogP contribution in [0, 0.1) is 5.92 Å². The van der Waals surface area contributed by atoms with E-state index in [-0.39, 0.29) is 11.7 Å². The van der Waals surface area contributed by atoms with Crippen LogP contribution < -0.4 is 0 Å². The van der Waals surface area contributed by atoms with Crippen LogP contribution in [0.3, 0.4) is 0 Å². The molecule has 0 saturated heterocycles. The summed E-state index contributed by atoms with van der Waals surface area (Å²) >= 11 is 10.9. The van der Waals surface area contributed by atoms with Crippen molar-refractivity contribution in [3.63, 3.8) is 0 Å². The van der Waals surface area contributed by atoms with Gasteiger partial charge < -0.3 is 0 Å². The Kier molecular flexibility index (Phi) is 4.25. The molecule has 18 heavy (non-hydrogen) atoms. The molecule has 94 valence electrons. The maximum absolute atomic E-state index is 11.9. The molecule has 0 unspecified atom stereocenters. The topological polar surface area (TPSA) is 17.1 Å². The van der Waals surface area contributed by atoms with Crippen LogP contribution in [-0.4, -0.2) is 5.78 Å². The van der Waals surface area contributed by atoms with Gasteiger partial charge in [0.15, 0.2) is 5.78 Å². The average Bonchev–Trinajstić information content (AvgIpc) is 2.77. The van der Waals surface area contributed by atoms with E-state index in [2.05, 4.69) is 15.9 Å². The van der Waals surface area contributed by atoms with Crippen LogP contribution in [0.2, 0.25) is 5.02 Å². The second kappa shape index (κ2) is 5.55. The molecule has 1 heterocycles. The highest BCUT2D eigenvalue weighted by Gasteiger charge is 2.14. The van der Waals surface area contributed by atoms with E-state index >= 15 is 0 Å². The van der Waals surface area contributed by atoms with E-state index < -0.39 is 0 Å². The number of carbonyl (C=O) groups excluding carboxylic acids is 1. The van der Waals surface area contributed by atoms with Crippen molar-refractivity contribution >= 4 is 44.7 Å². The van der Waals surface area contributed by atoms with Gasteiger partial charge >= 0.3 is 0 Å². The molecule has 4 heteroatoms. The van der Waals surface area contributed by atoms with Crippen molar-refractivity contribution in [3.8, 4) is 10.4 Å². The van der Waals surface area contributed by atoms with Gasteiger partial charge in [-0.2, -0.15) is 0 Å². The number of benzene rings is 1. The zero-order valence-corrected chi connectivity index (χ0v) is 13.2. The molecule has 2 rings (SSSR count). The predicted molar refractivity (Wildman–Crippen MR) is 81.6 cm³/mol. The highest BCUT2D eigenvalue weighted by Crippen LogP contribution is 2.35. The van der Waals surface area contributed by atoms with Crippen molar-refractivity contribution in [2.75, 3.05) is 0 Å². The van der Waals surface area contributed by atoms with Crippen LogP contribution in [-0.2, 0) is 0 Å². The summed E-state index contributed by atoms with van der Waals surface area (Å²) in [5, 5.41) is 0.695. The Bertz CT molecular complexity index is 589. The quantitative estimate of drug-likeness (QED) is 0.656. The van der Waals surface area contributed by atoms with E-state index in [1.54, 1.807) is 0 Å². The number of carbonyl (C=O) groups is 1. The molecule has 0 amide bonds. The van der Waals surface area contributed by atoms with Gasteiger partial charge in [-0.05, 0) is 24.3 Å². The highest BCUT2D eigenvalue weighted by atomic mass is 79.9. The van der Waals surface area contributed by atoms with Crippen LogP contribution >= 0.6 is 38.9 Å². The summed E-state index contributed by atoms with van der Waals surface area (Å²) < 4.78 is 0.945. The lowest BCUT2D eigenvalue weighted by Gasteiger charge is -2.02. The molecule has 0 radical (unpaired) electrons. The second-order valence-corrected chi connectivity index (χ2v) is 6.68. The lowest BCUT2D eigenvalue weighted by Crippen LogP contribution is -2.04. The Hall–Kier alpha value is -0.640. The Balaban J connectivity index is 2.38. The normalized spacial score (nSPS) is 10.9. The van der Waals surface area contributed by atoms with Crippen LogP contribution in [0.15, 0.2) is 34.8 Å². The number of hydrogen-bond acceptors (Lipinski definition) is 2.